The van der Waals surface area contributed by atoms with Crippen molar-refractivity contribution in [2.24, 2.45) is 0 Å². The van der Waals surface area contributed by atoms with Crippen LogP contribution in [0.4, 0.5) is 11.4 Å². The van der Waals surface area contributed by atoms with Gasteiger partial charge in [-0.25, -0.2) is 0 Å². The fraction of sp³-hybridized carbons (Fsp3) is 0.176. The van der Waals surface area contributed by atoms with Crippen LogP contribution < -0.4 is 15.4 Å². The van der Waals surface area contributed by atoms with Crippen molar-refractivity contribution in [1.29, 1.82) is 0 Å². The molecule has 23 heavy (non-hydrogen) atoms. The Balaban J connectivity index is 1.92. The second-order valence-corrected chi connectivity index (χ2v) is 6.21. The Labute approximate surface area is 148 Å². The van der Waals surface area contributed by atoms with E-state index >= 15 is 0 Å². The van der Waals surface area contributed by atoms with Gasteiger partial charge in [0, 0.05) is 21.9 Å². The van der Waals surface area contributed by atoms with E-state index in [0.29, 0.717) is 11.4 Å². The number of amides is 2. The van der Waals surface area contributed by atoms with Gasteiger partial charge in [-0.3, -0.25) is 9.59 Å². The fourth-order valence-corrected chi connectivity index (χ4v) is 2.21. The molecule has 2 aromatic carbocycles. The molecule has 120 valence electrons. The summed E-state index contributed by atoms with van der Waals surface area (Å²) in [7, 11) is 0. The van der Waals surface area contributed by atoms with Crippen molar-refractivity contribution >= 4 is 45.8 Å². The molecule has 2 aromatic rings. The van der Waals surface area contributed by atoms with Gasteiger partial charge in [0.25, 0.3) is 5.91 Å². The van der Waals surface area contributed by atoms with Gasteiger partial charge in [0.2, 0.25) is 5.91 Å². The normalized spacial score (nSPS) is 11.4. The van der Waals surface area contributed by atoms with Gasteiger partial charge in [0.15, 0.2) is 6.10 Å². The third kappa shape index (κ3) is 5.55. The Morgan fingerprint density at radius 3 is 2.04 bits per heavy atom. The lowest BCUT2D eigenvalue weighted by Gasteiger charge is -2.15. The molecule has 0 bridgehead atoms. The van der Waals surface area contributed by atoms with Crippen molar-refractivity contribution in [2.75, 3.05) is 10.6 Å². The first-order valence-corrected chi connectivity index (χ1v) is 8.12. The first kappa shape index (κ1) is 17.3. The van der Waals surface area contributed by atoms with Crippen molar-refractivity contribution in [3.8, 4) is 5.75 Å². The summed E-state index contributed by atoms with van der Waals surface area (Å²) in [6.07, 6.45) is -0.638. The highest BCUT2D eigenvalue weighted by atomic mass is 127. The van der Waals surface area contributed by atoms with Crippen LogP contribution in [0.15, 0.2) is 48.5 Å². The second kappa shape index (κ2) is 7.96. The van der Waals surface area contributed by atoms with E-state index in [0.717, 1.165) is 9.26 Å². The van der Waals surface area contributed by atoms with Crippen LogP contribution in [0.1, 0.15) is 13.8 Å². The van der Waals surface area contributed by atoms with Crippen LogP contribution in [-0.2, 0) is 9.59 Å². The number of ether oxygens (including phenoxy) is 1. The quantitative estimate of drug-likeness (QED) is 0.721. The Bertz CT molecular complexity index is 684. The Kier molecular flexibility index (Phi) is 5.97. The first-order chi connectivity index (χ1) is 10.9. The Morgan fingerprint density at radius 2 is 1.48 bits per heavy atom. The van der Waals surface area contributed by atoms with E-state index in [9.17, 15) is 9.59 Å². The summed E-state index contributed by atoms with van der Waals surface area (Å²) < 4.78 is 6.71. The number of benzene rings is 2. The largest absolute Gasteiger partial charge is 0.481 e. The zero-order valence-electron chi connectivity index (χ0n) is 12.8. The lowest BCUT2D eigenvalue weighted by atomic mass is 10.2. The molecular weight excluding hydrogens is 407 g/mol. The molecule has 2 N–H and O–H groups in total. The zero-order chi connectivity index (χ0) is 16.8. The predicted molar refractivity (Wildman–Crippen MR) is 98.6 cm³/mol. The van der Waals surface area contributed by atoms with Crippen molar-refractivity contribution in [3.05, 3.63) is 52.1 Å². The molecule has 1 atom stereocenters. The molecule has 0 aromatic heterocycles. The van der Waals surface area contributed by atoms with E-state index in [1.165, 1.54) is 6.92 Å². The van der Waals surface area contributed by atoms with Crippen LogP contribution in [-0.4, -0.2) is 17.9 Å². The average molecular weight is 424 g/mol. The molecule has 0 aliphatic carbocycles. The number of hydrogen-bond acceptors (Lipinski definition) is 3. The molecule has 0 aliphatic rings. The van der Waals surface area contributed by atoms with E-state index < -0.39 is 6.10 Å². The van der Waals surface area contributed by atoms with E-state index in [4.69, 9.17) is 4.74 Å². The smallest absolute Gasteiger partial charge is 0.265 e. The van der Waals surface area contributed by atoms with E-state index in [1.807, 2.05) is 24.3 Å². The van der Waals surface area contributed by atoms with Crippen molar-refractivity contribution < 1.29 is 14.3 Å². The number of carbonyl (C=O) groups excluding carboxylic acids is 2. The minimum atomic E-state index is -0.638. The number of carbonyl (C=O) groups is 2. The Hall–Kier alpha value is -2.09. The van der Waals surface area contributed by atoms with Gasteiger partial charge in [0.05, 0.1) is 0 Å². The topological polar surface area (TPSA) is 67.4 Å². The SMILES string of the molecule is CC(=O)Nc1ccc(OC(C)C(=O)Nc2ccc(I)cc2)cc1. The molecule has 5 nitrogen and oxygen atoms in total. The van der Waals surface area contributed by atoms with Crippen molar-refractivity contribution in [1.82, 2.24) is 0 Å². The summed E-state index contributed by atoms with van der Waals surface area (Å²) in [5.74, 6) is 0.199. The molecule has 0 saturated heterocycles. The summed E-state index contributed by atoms with van der Waals surface area (Å²) in [4.78, 5) is 23.1. The molecule has 1 unspecified atom stereocenters. The van der Waals surface area contributed by atoms with E-state index in [2.05, 4.69) is 33.2 Å². The van der Waals surface area contributed by atoms with Gasteiger partial charge in [0.1, 0.15) is 5.75 Å². The first-order valence-electron chi connectivity index (χ1n) is 7.05. The maximum atomic E-state index is 12.1. The van der Waals surface area contributed by atoms with Gasteiger partial charge < -0.3 is 15.4 Å². The van der Waals surface area contributed by atoms with Crippen LogP contribution in [0.5, 0.6) is 5.75 Å². The van der Waals surface area contributed by atoms with E-state index in [1.54, 1.807) is 31.2 Å². The van der Waals surface area contributed by atoms with Crippen LogP contribution in [0.25, 0.3) is 0 Å². The summed E-state index contributed by atoms with van der Waals surface area (Å²) >= 11 is 2.20. The maximum Gasteiger partial charge on any atom is 0.265 e. The number of rotatable bonds is 5. The number of nitrogens with one attached hydrogen (secondary N) is 2. The van der Waals surface area contributed by atoms with Crippen molar-refractivity contribution in [3.63, 3.8) is 0 Å². The average Bonchev–Trinajstić information content (AvgIpc) is 2.51. The predicted octanol–water partition coefficient (Wildman–Crippen LogP) is 3.66. The van der Waals surface area contributed by atoms with Crippen LogP contribution >= 0.6 is 22.6 Å². The fourth-order valence-electron chi connectivity index (χ4n) is 1.85. The highest BCUT2D eigenvalue weighted by Gasteiger charge is 2.14. The number of anilines is 2. The molecule has 0 radical (unpaired) electrons. The van der Waals surface area contributed by atoms with Crippen LogP contribution in [0, 0.1) is 3.57 Å². The summed E-state index contributed by atoms with van der Waals surface area (Å²) in [6, 6.07) is 14.4. The molecule has 6 heteroatoms. The van der Waals surface area contributed by atoms with Gasteiger partial charge in [-0.2, -0.15) is 0 Å². The highest BCUT2D eigenvalue weighted by molar-refractivity contribution is 14.1. The van der Waals surface area contributed by atoms with Crippen molar-refractivity contribution in [2.45, 2.75) is 20.0 Å². The standard InChI is InChI=1S/C17H17IN2O3/c1-11(17(22)20-15-5-3-13(18)4-6-15)23-16-9-7-14(8-10-16)19-12(2)21/h3-11H,1-2H3,(H,19,21)(H,20,22). The summed E-state index contributed by atoms with van der Waals surface area (Å²) in [5.41, 5.74) is 1.41. The zero-order valence-corrected chi connectivity index (χ0v) is 15.0. The molecule has 0 spiro atoms. The Morgan fingerprint density at radius 1 is 0.957 bits per heavy atom. The van der Waals surface area contributed by atoms with E-state index in [-0.39, 0.29) is 11.8 Å². The molecule has 0 saturated carbocycles. The lowest BCUT2D eigenvalue weighted by molar-refractivity contribution is -0.122. The molecular formula is C17H17IN2O3. The molecule has 0 aliphatic heterocycles. The minimum absolute atomic E-state index is 0.135. The molecule has 0 fully saturated rings. The molecule has 2 amide bonds. The van der Waals surface area contributed by atoms with Gasteiger partial charge in [-0.05, 0) is 78.0 Å². The molecule has 0 heterocycles. The third-order valence-electron chi connectivity index (χ3n) is 2.97. The summed E-state index contributed by atoms with van der Waals surface area (Å²) in [5, 5.41) is 5.47. The number of hydrogen-bond donors (Lipinski definition) is 2. The lowest BCUT2D eigenvalue weighted by Crippen LogP contribution is -2.30. The second-order valence-electron chi connectivity index (χ2n) is 4.96. The third-order valence-corrected chi connectivity index (χ3v) is 3.69. The van der Waals surface area contributed by atoms with Gasteiger partial charge >= 0.3 is 0 Å². The van der Waals surface area contributed by atoms with Gasteiger partial charge in [-0.1, -0.05) is 0 Å². The van der Waals surface area contributed by atoms with Crippen LogP contribution in [0.3, 0.4) is 0 Å². The highest BCUT2D eigenvalue weighted by Crippen LogP contribution is 2.18. The minimum Gasteiger partial charge on any atom is -0.481 e. The molecule has 2 rings (SSSR count). The summed E-state index contributed by atoms with van der Waals surface area (Å²) in [6.45, 7) is 3.13. The monoisotopic (exact) mass is 424 g/mol. The maximum absolute atomic E-state index is 12.1. The van der Waals surface area contributed by atoms with Crippen LogP contribution in [0.2, 0.25) is 0 Å². The van der Waals surface area contributed by atoms with Gasteiger partial charge in [-0.15, -0.1) is 0 Å². The number of halogens is 1.